The number of rotatable bonds is 4. The first-order valence-electron chi connectivity index (χ1n) is 6.04. The quantitative estimate of drug-likeness (QED) is 0.744. The number of carbonyl (C=O) groups excluding carboxylic acids is 2. The highest BCUT2D eigenvalue weighted by Gasteiger charge is 2.17. The standard InChI is InChI=1S/C13H16Cl2N2O3/c1-7(2)10(18)6-11(19)16-17-13(20)12-8(14)4-3-5-9(12)15/h3-5,7,10,18H,6H2,1-2H3,(H,16,19)(H,17,20). The molecule has 1 unspecified atom stereocenters. The summed E-state index contributed by atoms with van der Waals surface area (Å²) >= 11 is 11.7. The Bertz CT molecular complexity index is 486. The first-order chi connectivity index (χ1) is 9.32. The maximum absolute atomic E-state index is 11.9. The summed E-state index contributed by atoms with van der Waals surface area (Å²) in [5, 5.41) is 9.92. The van der Waals surface area contributed by atoms with Crippen LogP contribution in [0.3, 0.4) is 0 Å². The van der Waals surface area contributed by atoms with Crippen LogP contribution in [-0.4, -0.2) is 23.0 Å². The van der Waals surface area contributed by atoms with Crippen molar-refractivity contribution in [1.82, 2.24) is 10.9 Å². The molecule has 0 saturated heterocycles. The maximum Gasteiger partial charge on any atom is 0.272 e. The van der Waals surface area contributed by atoms with Gasteiger partial charge in [-0.1, -0.05) is 43.1 Å². The first kappa shape index (κ1) is 16.8. The lowest BCUT2D eigenvalue weighted by Gasteiger charge is -2.14. The minimum absolute atomic E-state index is 0.0468. The van der Waals surface area contributed by atoms with Gasteiger partial charge in [-0.3, -0.25) is 20.4 Å². The van der Waals surface area contributed by atoms with Crippen LogP contribution in [-0.2, 0) is 4.79 Å². The number of hydrazine groups is 1. The fourth-order valence-electron chi connectivity index (χ4n) is 1.38. The van der Waals surface area contributed by atoms with Gasteiger partial charge in [0.2, 0.25) is 5.91 Å². The maximum atomic E-state index is 11.9. The van der Waals surface area contributed by atoms with Gasteiger partial charge in [0, 0.05) is 0 Å². The van der Waals surface area contributed by atoms with Gasteiger partial charge in [-0.05, 0) is 18.1 Å². The normalized spacial score (nSPS) is 12.1. The summed E-state index contributed by atoms with van der Waals surface area (Å²) in [7, 11) is 0. The highest BCUT2D eigenvalue weighted by Crippen LogP contribution is 2.23. The van der Waals surface area contributed by atoms with Crippen molar-refractivity contribution in [3.63, 3.8) is 0 Å². The molecule has 0 saturated carbocycles. The van der Waals surface area contributed by atoms with E-state index < -0.39 is 17.9 Å². The first-order valence-corrected chi connectivity index (χ1v) is 6.79. The van der Waals surface area contributed by atoms with E-state index in [1.165, 1.54) is 12.1 Å². The van der Waals surface area contributed by atoms with Gasteiger partial charge in [-0.25, -0.2) is 0 Å². The second kappa shape index (κ2) is 7.47. The van der Waals surface area contributed by atoms with Crippen LogP contribution in [0.4, 0.5) is 0 Å². The number of nitrogens with one attached hydrogen (secondary N) is 2. The zero-order valence-corrected chi connectivity index (χ0v) is 12.6. The summed E-state index contributed by atoms with van der Waals surface area (Å²) in [6.45, 7) is 3.58. The number of hydrogen-bond acceptors (Lipinski definition) is 3. The van der Waals surface area contributed by atoms with E-state index in [9.17, 15) is 14.7 Å². The van der Waals surface area contributed by atoms with E-state index in [0.29, 0.717) is 0 Å². The minimum atomic E-state index is -0.768. The molecule has 0 aliphatic heterocycles. The largest absolute Gasteiger partial charge is 0.392 e. The van der Waals surface area contributed by atoms with E-state index in [4.69, 9.17) is 23.2 Å². The van der Waals surface area contributed by atoms with Crippen LogP contribution in [0.15, 0.2) is 18.2 Å². The van der Waals surface area contributed by atoms with Crippen molar-refractivity contribution in [3.05, 3.63) is 33.8 Å². The van der Waals surface area contributed by atoms with Gasteiger partial charge in [-0.2, -0.15) is 0 Å². The molecule has 0 heterocycles. The Morgan fingerprint density at radius 1 is 1.20 bits per heavy atom. The number of halogens is 2. The SMILES string of the molecule is CC(C)C(O)CC(=O)NNC(=O)c1c(Cl)cccc1Cl. The molecule has 1 aromatic carbocycles. The minimum Gasteiger partial charge on any atom is -0.392 e. The van der Waals surface area contributed by atoms with Crippen LogP contribution >= 0.6 is 23.2 Å². The molecular weight excluding hydrogens is 303 g/mol. The number of hydrogen-bond donors (Lipinski definition) is 3. The summed E-state index contributed by atoms with van der Waals surface area (Å²) in [4.78, 5) is 23.4. The number of benzene rings is 1. The van der Waals surface area contributed by atoms with Crippen LogP contribution in [0.5, 0.6) is 0 Å². The molecule has 0 aromatic heterocycles. The molecule has 5 nitrogen and oxygen atoms in total. The predicted molar refractivity (Wildman–Crippen MR) is 77.5 cm³/mol. The molecule has 0 aliphatic carbocycles. The highest BCUT2D eigenvalue weighted by molar-refractivity contribution is 6.39. The van der Waals surface area contributed by atoms with Crippen molar-refractivity contribution in [2.45, 2.75) is 26.4 Å². The van der Waals surface area contributed by atoms with Crippen LogP contribution in [0.25, 0.3) is 0 Å². The van der Waals surface area contributed by atoms with E-state index in [0.717, 1.165) is 0 Å². The molecule has 2 amide bonds. The summed E-state index contributed by atoms with van der Waals surface area (Å²) in [6.07, 6.45) is -0.871. The van der Waals surface area contributed by atoms with Crippen molar-refractivity contribution >= 4 is 35.0 Å². The lowest BCUT2D eigenvalue weighted by molar-refractivity contribution is -0.124. The number of amides is 2. The summed E-state index contributed by atoms with van der Waals surface area (Å²) in [5.74, 6) is -1.16. The molecule has 0 spiro atoms. The summed E-state index contributed by atoms with van der Waals surface area (Å²) in [5.41, 5.74) is 4.50. The Hall–Kier alpha value is -1.30. The number of carbonyl (C=O) groups is 2. The van der Waals surface area contributed by atoms with Gasteiger partial charge < -0.3 is 5.11 Å². The zero-order chi connectivity index (χ0) is 15.3. The second-order valence-corrected chi connectivity index (χ2v) is 5.43. The average molecular weight is 319 g/mol. The van der Waals surface area contributed by atoms with Gasteiger partial charge >= 0.3 is 0 Å². The van der Waals surface area contributed by atoms with Crippen LogP contribution in [0.1, 0.15) is 30.6 Å². The Labute approximate surface area is 127 Å². The average Bonchev–Trinajstić information content (AvgIpc) is 2.36. The highest BCUT2D eigenvalue weighted by atomic mass is 35.5. The van der Waals surface area contributed by atoms with Crippen molar-refractivity contribution in [2.75, 3.05) is 0 Å². The van der Waals surface area contributed by atoms with E-state index >= 15 is 0 Å². The molecular formula is C13H16Cl2N2O3. The zero-order valence-electron chi connectivity index (χ0n) is 11.1. The Morgan fingerprint density at radius 3 is 2.25 bits per heavy atom. The molecule has 3 N–H and O–H groups in total. The molecule has 1 aromatic rings. The monoisotopic (exact) mass is 318 g/mol. The van der Waals surface area contributed by atoms with Gasteiger partial charge in [0.25, 0.3) is 5.91 Å². The third-order valence-electron chi connectivity index (χ3n) is 2.67. The molecule has 7 heteroatoms. The Kier molecular flexibility index (Phi) is 6.26. The summed E-state index contributed by atoms with van der Waals surface area (Å²) in [6, 6.07) is 4.65. The van der Waals surface area contributed by atoms with Crippen molar-refractivity contribution in [3.8, 4) is 0 Å². The van der Waals surface area contributed by atoms with Crippen LogP contribution in [0, 0.1) is 5.92 Å². The molecule has 0 bridgehead atoms. The third kappa shape index (κ3) is 4.67. The van der Waals surface area contributed by atoms with Crippen molar-refractivity contribution in [1.29, 1.82) is 0 Å². The van der Waals surface area contributed by atoms with E-state index in [2.05, 4.69) is 10.9 Å². The van der Waals surface area contributed by atoms with Gasteiger partial charge in [0.15, 0.2) is 0 Å². The molecule has 0 aliphatic rings. The fraction of sp³-hybridized carbons (Fsp3) is 0.385. The lowest BCUT2D eigenvalue weighted by atomic mass is 10.0. The van der Waals surface area contributed by atoms with E-state index in [1.54, 1.807) is 19.9 Å². The van der Waals surface area contributed by atoms with Gasteiger partial charge in [0.05, 0.1) is 28.1 Å². The number of aliphatic hydroxyl groups excluding tert-OH is 1. The predicted octanol–water partition coefficient (Wildman–Crippen LogP) is 2.16. The number of aliphatic hydroxyl groups is 1. The lowest BCUT2D eigenvalue weighted by Crippen LogP contribution is -2.43. The van der Waals surface area contributed by atoms with Crippen molar-refractivity contribution < 1.29 is 14.7 Å². The molecule has 1 atom stereocenters. The molecule has 1 rings (SSSR count). The van der Waals surface area contributed by atoms with Gasteiger partial charge in [-0.15, -0.1) is 0 Å². The summed E-state index contributed by atoms with van der Waals surface area (Å²) < 4.78 is 0. The van der Waals surface area contributed by atoms with Crippen LogP contribution < -0.4 is 10.9 Å². The topological polar surface area (TPSA) is 78.4 Å². The van der Waals surface area contributed by atoms with Crippen LogP contribution in [0.2, 0.25) is 10.0 Å². The molecule has 0 radical (unpaired) electrons. The fourth-order valence-corrected chi connectivity index (χ4v) is 1.95. The van der Waals surface area contributed by atoms with E-state index in [1.807, 2.05) is 0 Å². The third-order valence-corrected chi connectivity index (χ3v) is 3.30. The Morgan fingerprint density at radius 2 is 1.75 bits per heavy atom. The molecule has 110 valence electrons. The van der Waals surface area contributed by atoms with E-state index in [-0.39, 0.29) is 27.9 Å². The van der Waals surface area contributed by atoms with Gasteiger partial charge in [0.1, 0.15) is 0 Å². The van der Waals surface area contributed by atoms with Crippen molar-refractivity contribution in [2.24, 2.45) is 5.92 Å². The molecule has 20 heavy (non-hydrogen) atoms. The smallest absolute Gasteiger partial charge is 0.272 e. The Balaban J connectivity index is 2.58. The second-order valence-electron chi connectivity index (χ2n) is 4.61. The molecule has 0 fully saturated rings.